The van der Waals surface area contributed by atoms with Crippen molar-refractivity contribution >= 4 is 17.7 Å². The number of hydrogen-bond donors (Lipinski definition) is 1. The fourth-order valence-electron chi connectivity index (χ4n) is 2.93. The Labute approximate surface area is 165 Å². The number of furan rings is 1. The van der Waals surface area contributed by atoms with E-state index in [1.165, 1.54) is 37.4 Å². The number of halogens is 1. The van der Waals surface area contributed by atoms with Gasteiger partial charge in [0.05, 0.1) is 18.4 Å². The van der Waals surface area contributed by atoms with Gasteiger partial charge in [0.2, 0.25) is 11.5 Å². The molecule has 0 spiro atoms. The van der Waals surface area contributed by atoms with Gasteiger partial charge in [0.25, 0.3) is 0 Å². The zero-order chi connectivity index (χ0) is 21.1. The summed E-state index contributed by atoms with van der Waals surface area (Å²) < 4.78 is 28.2. The van der Waals surface area contributed by atoms with Gasteiger partial charge in [0, 0.05) is 11.3 Å². The van der Waals surface area contributed by atoms with Crippen LogP contribution in [0, 0.1) is 19.7 Å². The van der Waals surface area contributed by atoms with Crippen molar-refractivity contribution in [2.24, 2.45) is 0 Å². The second-order valence-corrected chi connectivity index (χ2v) is 6.29. The van der Waals surface area contributed by atoms with E-state index in [4.69, 9.17) is 13.9 Å². The number of carbonyl (C=O) groups is 3. The van der Waals surface area contributed by atoms with Crippen molar-refractivity contribution in [2.45, 2.75) is 13.8 Å². The maximum Gasteiger partial charge on any atom is 0.374 e. The molecule has 0 fully saturated rings. The molecule has 0 saturated heterocycles. The normalized spacial score (nSPS) is 10.6. The molecule has 0 aliphatic rings. The molecule has 0 radical (unpaired) electrons. The van der Waals surface area contributed by atoms with Crippen LogP contribution in [-0.2, 0) is 9.47 Å². The number of Topliss-reactive ketones (excluding diaryl/α,β-unsaturated/α-hetero) is 1. The van der Waals surface area contributed by atoms with Gasteiger partial charge < -0.3 is 18.9 Å². The highest BCUT2D eigenvalue weighted by Crippen LogP contribution is 2.23. The number of carbonyl (C=O) groups excluding carboxylic acids is 3. The van der Waals surface area contributed by atoms with Crippen LogP contribution in [-0.4, -0.2) is 36.4 Å². The van der Waals surface area contributed by atoms with E-state index in [9.17, 15) is 18.8 Å². The molecule has 2 aromatic heterocycles. The van der Waals surface area contributed by atoms with Crippen LogP contribution in [0.1, 0.15) is 42.7 Å². The first-order valence-electron chi connectivity index (χ1n) is 8.65. The van der Waals surface area contributed by atoms with E-state index in [1.807, 2.05) is 0 Å². The summed E-state index contributed by atoms with van der Waals surface area (Å²) >= 11 is 0. The Bertz CT molecular complexity index is 1080. The van der Waals surface area contributed by atoms with Gasteiger partial charge in [0.15, 0.2) is 6.61 Å². The third kappa shape index (κ3) is 4.11. The minimum Gasteiger partial charge on any atom is -0.465 e. The van der Waals surface area contributed by atoms with Crippen molar-refractivity contribution < 1.29 is 32.7 Å². The Morgan fingerprint density at radius 1 is 1.03 bits per heavy atom. The predicted octanol–water partition coefficient (Wildman–Crippen LogP) is 3.86. The van der Waals surface area contributed by atoms with Crippen LogP contribution in [0.5, 0.6) is 0 Å². The van der Waals surface area contributed by atoms with E-state index in [0.717, 1.165) is 0 Å². The molecule has 29 heavy (non-hydrogen) atoms. The molecule has 7 nitrogen and oxygen atoms in total. The van der Waals surface area contributed by atoms with Gasteiger partial charge in [0.1, 0.15) is 11.6 Å². The standard InChI is InChI=1S/C21H18FNO6/c1-11-18(21(26)27-3)12(2)23-19(11)15(24)10-28-20(25)17-9-8-16(29-17)13-4-6-14(22)7-5-13/h4-9,23H,10H2,1-3H3. The van der Waals surface area contributed by atoms with Crippen LogP contribution in [0.4, 0.5) is 4.39 Å². The van der Waals surface area contributed by atoms with Crippen molar-refractivity contribution in [2.75, 3.05) is 13.7 Å². The van der Waals surface area contributed by atoms with Crippen LogP contribution < -0.4 is 0 Å². The number of aromatic amines is 1. The number of aromatic nitrogens is 1. The summed E-state index contributed by atoms with van der Waals surface area (Å²) in [5.74, 6) is -1.99. The molecule has 0 bridgehead atoms. The lowest BCUT2D eigenvalue weighted by Gasteiger charge is -2.03. The number of methoxy groups -OCH3 is 1. The Hall–Kier alpha value is -3.68. The number of hydrogen-bond acceptors (Lipinski definition) is 6. The van der Waals surface area contributed by atoms with Gasteiger partial charge in [-0.25, -0.2) is 14.0 Å². The summed E-state index contributed by atoms with van der Waals surface area (Å²) in [6.45, 7) is 2.71. The van der Waals surface area contributed by atoms with E-state index in [1.54, 1.807) is 19.9 Å². The second kappa shape index (κ2) is 8.14. The third-order valence-corrected chi connectivity index (χ3v) is 4.38. The lowest BCUT2D eigenvalue weighted by Crippen LogP contribution is -2.15. The molecule has 3 rings (SSSR count). The summed E-state index contributed by atoms with van der Waals surface area (Å²) in [6, 6.07) is 8.54. The van der Waals surface area contributed by atoms with Crippen molar-refractivity contribution in [1.82, 2.24) is 4.98 Å². The summed E-state index contributed by atoms with van der Waals surface area (Å²) in [7, 11) is 1.25. The van der Waals surface area contributed by atoms with E-state index in [2.05, 4.69) is 4.98 Å². The predicted molar refractivity (Wildman–Crippen MR) is 100 cm³/mol. The average molecular weight is 399 g/mol. The molecule has 0 unspecified atom stereocenters. The van der Waals surface area contributed by atoms with Gasteiger partial charge in [-0.05, 0) is 55.8 Å². The van der Waals surface area contributed by atoms with Crippen molar-refractivity contribution in [3.05, 3.63) is 70.5 Å². The molecule has 2 heterocycles. The Kier molecular flexibility index (Phi) is 5.63. The zero-order valence-electron chi connectivity index (χ0n) is 16.0. The quantitative estimate of drug-likeness (QED) is 0.499. The van der Waals surface area contributed by atoms with E-state index in [0.29, 0.717) is 22.6 Å². The SMILES string of the molecule is COC(=O)c1c(C)[nH]c(C(=O)COC(=O)c2ccc(-c3ccc(F)cc3)o2)c1C. The molecule has 0 atom stereocenters. The molecule has 0 aliphatic carbocycles. The second-order valence-electron chi connectivity index (χ2n) is 6.29. The topological polar surface area (TPSA) is 98.6 Å². The number of nitrogens with one attached hydrogen (secondary N) is 1. The van der Waals surface area contributed by atoms with E-state index >= 15 is 0 Å². The minimum atomic E-state index is -0.819. The molecule has 0 saturated carbocycles. The summed E-state index contributed by atoms with van der Waals surface area (Å²) in [4.78, 5) is 39.2. The first-order chi connectivity index (χ1) is 13.8. The van der Waals surface area contributed by atoms with Gasteiger partial charge >= 0.3 is 11.9 Å². The Morgan fingerprint density at radius 3 is 2.38 bits per heavy atom. The molecule has 1 aromatic carbocycles. The largest absolute Gasteiger partial charge is 0.465 e. The lowest BCUT2D eigenvalue weighted by atomic mass is 10.1. The highest BCUT2D eigenvalue weighted by molar-refractivity contribution is 6.03. The smallest absolute Gasteiger partial charge is 0.374 e. The first kappa shape index (κ1) is 20.1. The molecule has 1 N–H and O–H groups in total. The van der Waals surface area contributed by atoms with Crippen LogP contribution in [0.2, 0.25) is 0 Å². The molecular formula is C21H18FNO6. The number of H-pyrrole nitrogens is 1. The fourth-order valence-corrected chi connectivity index (χ4v) is 2.93. The van der Waals surface area contributed by atoms with Gasteiger partial charge in [-0.3, -0.25) is 4.79 Å². The summed E-state index contributed by atoms with van der Waals surface area (Å²) in [6.07, 6.45) is 0. The maximum atomic E-state index is 13.0. The minimum absolute atomic E-state index is 0.0910. The number of rotatable bonds is 6. The number of ketones is 1. The first-order valence-corrected chi connectivity index (χ1v) is 8.65. The van der Waals surface area contributed by atoms with Crippen molar-refractivity contribution in [3.63, 3.8) is 0 Å². The fraction of sp³-hybridized carbons (Fsp3) is 0.190. The molecule has 3 aromatic rings. The number of esters is 2. The number of ether oxygens (including phenoxy) is 2. The van der Waals surface area contributed by atoms with Crippen LogP contribution >= 0.6 is 0 Å². The molecule has 8 heteroatoms. The van der Waals surface area contributed by atoms with E-state index in [-0.39, 0.29) is 22.8 Å². The van der Waals surface area contributed by atoms with Gasteiger partial charge in [-0.15, -0.1) is 0 Å². The Balaban J connectivity index is 1.68. The molecule has 0 aliphatic heterocycles. The third-order valence-electron chi connectivity index (χ3n) is 4.38. The van der Waals surface area contributed by atoms with Crippen LogP contribution in [0.15, 0.2) is 40.8 Å². The molecule has 0 amide bonds. The van der Waals surface area contributed by atoms with Crippen molar-refractivity contribution in [3.8, 4) is 11.3 Å². The highest BCUT2D eigenvalue weighted by Gasteiger charge is 2.24. The molecule has 150 valence electrons. The van der Waals surface area contributed by atoms with Crippen LogP contribution in [0.3, 0.4) is 0 Å². The van der Waals surface area contributed by atoms with Gasteiger partial charge in [-0.1, -0.05) is 0 Å². The monoisotopic (exact) mass is 399 g/mol. The summed E-state index contributed by atoms with van der Waals surface area (Å²) in [5.41, 5.74) is 1.94. The Morgan fingerprint density at radius 2 is 1.72 bits per heavy atom. The lowest BCUT2D eigenvalue weighted by molar-refractivity contribution is 0.0443. The number of aryl methyl sites for hydroxylation is 1. The average Bonchev–Trinajstić information content (AvgIpc) is 3.31. The van der Waals surface area contributed by atoms with Crippen molar-refractivity contribution in [1.29, 1.82) is 0 Å². The summed E-state index contributed by atoms with van der Waals surface area (Å²) in [5, 5.41) is 0. The van der Waals surface area contributed by atoms with Gasteiger partial charge in [-0.2, -0.15) is 0 Å². The zero-order valence-corrected chi connectivity index (χ0v) is 16.0. The maximum absolute atomic E-state index is 13.0. The molecular weight excluding hydrogens is 381 g/mol. The number of benzene rings is 1. The highest BCUT2D eigenvalue weighted by atomic mass is 19.1. The van der Waals surface area contributed by atoms with E-state index < -0.39 is 24.3 Å². The van der Waals surface area contributed by atoms with Crippen LogP contribution in [0.25, 0.3) is 11.3 Å².